The molecule has 6 nitrogen and oxygen atoms in total. The molecule has 0 aliphatic heterocycles. The number of hydrogen-bond acceptors (Lipinski definition) is 3. The summed E-state index contributed by atoms with van der Waals surface area (Å²) < 4.78 is 26.8. The predicted molar refractivity (Wildman–Crippen MR) is 111 cm³/mol. The van der Waals surface area contributed by atoms with Crippen LogP contribution < -0.4 is 15.4 Å². The highest BCUT2D eigenvalue weighted by atomic mass is 127. The average Bonchev–Trinajstić information content (AvgIpc) is 2.51. The van der Waals surface area contributed by atoms with Gasteiger partial charge in [0.05, 0.1) is 4.90 Å². The van der Waals surface area contributed by atoms with Gasteiger partial charge in [-0.1, -0.05) is 31.0 Å². The van der Waals surface area contributed by atoms with E-state index < -0.39 is 10.0 Å². The summed E-state index contributed by atoms with van der Waals surface area (Å²) in [6.45, 7) is 6.30. The average molecular weight is 489 g/mol. The lowest BCUT2D eigenvalue weighted by atomic mass is 10.3. The highest BCUT2D eigenvalue weighted by Crippen LogP contribution is 2.14. The van der Waals surface area contributed by atoms with Crippen molar-refractivity contribution in [1.29, 1.82) is 0 Å². The van der Waals surface area contributed by atoms with Crippen LogP contribution in [0.5, 0.6) is 0 Å². The van der Waals surface area contributed by atoms with Crippen molar-refractivity contribution < 1.29 is 8.42 Å². The van der Waals surface area contributed by atoms with Crippen molar-refractivity contribution in [3.63, 3.8) is 0 Å². The molecule has 0 unspecified atom stereocenters. The van der Waals surface area contributed by atoms with Crippen LogP contribution in [0, 0.1) is 0 Å². The number of nitrogens with one attached hydrogen (secondary N) is 3. The van der Waals surface area contributed by atoms with Gasteiger partial charge in [0.25, 0.3) is 0 Å². The van der Waals surface area contributed by atoms with E-state index in [1.165, 1.54) is 12.1 Å². The second-order valence-corrected chi connectivity index (χ2v) is 7.10. The Bertz CT molecular complexity index is 611. The predicted octanol–water partition coefficient (Wildman–Crippen LogP) is 2.59. The summed E-state index contributed by atoms with van der Waals surface area (Å²) in [6, 6.07) is 6.18. The minimum Gasteiger partial charge on any atom is -0.357 e. The molecule has 0 aromatic heterocycles. The summed E-state index contributed by atoms with van der Waals surface area (Å²) >= 11 is 5.82. The zero-order valence-electron chi connectivity index (χ0n) is 14.0. The van der Waals surface area contributed by atoms with Crippen LogP contribution >= 0.6 is 35.6 Å². The lowest BCUT2D eigenvalue weighted by Gasteiger charge is -2.12. The van der Waals surface area contributed by atoms with Crippen LogP contribution in [0.4, 0.5) is 0 Å². The molecule has 9 heteroatoms. The number of rotatable bonds is 9. The maximum Gasteiger partial charge on any atom is 0.240 e. The van der Waals surface area contributed by atoms with Crippen molar-refractivity contribution in [2.75, 3.05) is 26.2 Å². The third-order valence-electron chi connectivity index (χ3n) is 2.94. The molecule has 0 spiro atoms. The molecule has 0 aliphatic carbocycles. The van der Waals surface area contributed by atoms with Crippen molar-refractivity contribution >= 4 is 51.6 Å². The van der Waals surface area contributed by atoms with Crippen LogP contribution in [0.15, 0.2) is 34.2 Å². The van der Waals surface area contributed by atoms with E-state index in [2.05, 4.69) is 27.3 Å². The molecule has 0 radical (unpaired) electrons. The Kier molecular flexibility index (Phi) is 12.4. The zero-order chi connectivity index (χ0) is 17.1. The number of hydrogen-bond donors (Lipinski definition) is 3. The Balaban J connectivity index is 0.00000529. The van der Waals surface area contributed by atoms with E-state index in [-0.39, 0.29) is 35.4 Å². The number of nitrogens with zero attached hydrogens (tertiary/aromatic N) is 1. The molecule has 1 aromatic carbocycles. The number of sulfonamides is 1. The van der Waals surface area contributed by atoms with Gasteiger partial charge in [-0.15, -0.1) is 24.0 Å². The summed E-state index contributed by atoms with van der Waals surface area (Å²) in [7, 11) is -3.55. The molecule has 0 saturated heterocycles. The van der Waals surface area contributed by atoms with Crippen molar-refractivity contribution in [3.05, 3.63) is 29.3 Å². The zero-order valence-corrected chi connectivity index (χ0v) is 17.9. The van der Waals surface area contributed by atoms with Crippen LogP contribution in [-0.4, -0.2) is 40.6 Å². The molecule has 0 fully saturated rings. The Labute approximate surface area is 166 Å². The van der Waals surface area contributed by atoms with E-state index in [1.54, 1.807) is 12.1 Å². The number of unbranched alkanes of at least 4 members (excludes halogenated alkanes) is 1. The first kappa shape index (κ1) is 23.4. The molecule has 0 atom stereocenters. The topological polar surface area (TPSA) is 82.6 Å². The van der Waals surface area contributed by atoms with Gasteiger partial charge in [0.2, 0.25) is 10.0 Å². The van der Waals surface area contributed by atoms with E-state index in [4.69, 9.17) is 11.6 Å². The Morgan fingerprint density at radius 1 is 1.21 bits per heavy atom. The first-order chi connectivity index (χ1) is 11.0. The molecule has 1 aromatic rings. The second kappa shape index (κ2) is 12.7. The van der Waals surface area contributed by atoms with Gasteiger partial charge in [-0.05, 0) is 31.5 Å². The molecule has 0 bridgehead atoms. The standard InChI is InChI=1S/C15H25ClN4O2S.HI/c1-3-5-9-18-15(17-4-2)19-10-11-20-23(21,22)14-8-6-7-13(16)12-14;/h6-8,12,20H,3-5,9-11H2,1-2H3,(H2,17,18,19);1H. The molecular formula is C15H26ClIN4O2S. The molecule has 0 aliphatic rings. The van der Waals surface area contributed by atoms with Crippen molar-refractivity contribution in [3.8, 4) is 0 Å². The van der Waals surface area contributed by atoms with Gasteiger partial charge in [0.1, 0.15) is 0 Å². The summed E-state index contributed by atoms with van der Waals surface area (Å²) in [5, 5.41) is 6.62. The van der Waals surface area contributed by atoms with Gasteiger partial charge < -0.3 is 10.6 Å². The number of benzene rings is 1. The molecule has 1 rings (SSSR count). The van der Waals surface area contributed by atoms with E-state index in [1.807, 2.05) is 6.92 Å². The third kappa shape index (κ3) is 9.05. The maximum atomic E-state index is 12.1. The van der Waals surface area contributed by atoms with Gasteiger partial charge in [0.15, 0.2) is 5.96 Å². The number of aliphatic imine (C=N–C) groups is 1. The molecule has 138 valence electrons. The van der Waals surface area contributed by atoms with Gasteiger partial charge in [0, 0.05) is 31.2 Å². The quantitative estimate of drug-likeness (QED) is 0.216. The fourth-order valence-corrected chi connectivity index (χ4v) is 3.11. The molecule has 24 heavy (non-hydrogen) atoms. The first-order valence-corrected chi connectivity index (χ1v) is 9.63. The highest BCUT2D eigenvalue weighted by molar-refractivity contribution is 14.0. The van der Waals surface area contributed by atoms with E-state index in [9.17, 15) is 8.42 Å². The normalized spacial score (nSPS) is 11.7. The maximum absolute atomic E-state index is 12.1. The molecule has 0 saturated carbocycles. The van der Waals surface area contributed by atoms with Crippen molar-refractivity contribution in [2.24, 2.45) is 4.99 Å². The van der Waals surface area contributed by atoms with Gasteiger partial charge in [-0.2, -0.15) is 0 Å². The van der Waals surface area contributed by atoms with Crippen LogP contribution in [-0.2, 0) is 10.0 Å². The number of guanidine groups is 1. The van der Waals surface area contributed by atoms with Crippen LogP contribution in [0.25, 0.3) is 0 Å². The minimum atomic E-state index is -3.55. The van der Waals surface area contributed by atoms with Gasteiger partial charge in [-0.25, -0.2) is 13.1 Å². The largest absolute Gasteiger partial charge is 0.357 e. The summed E-state index contributed by atoms with van der Waals surface area (Å²) in [4.78, 5) is 4.57. The van der Waals surface area contributed by atoms with Crippen molar-refractivity contribution in [2.45, 2.75) is 31.6 Å². The fraction of sp³-hybridized carbons (Fsp3) is 0.533. The SMILES string of the molecule is CCCCN=C(NCC)NCCNS(=O)(=O)c1cccc(Cl)c1.I. The molecule has 3 N–H and O–H groups in total. The highest BCUT2D eigenvalue weighted by Gasteiger charge is 2.13. The van der Waals surface area contributed by atoms with Crippen molar-refractivity contribution in [1.82, 2.24) is 15.4 Å². The lowest BCUT2D eigenvalue weighted by molar-refractivity contribution is 0.580. The monoisotopic (exact) mass is 488 g/mol. The van der Waals surface area contributed by atoms with Crippen LogP contribution in [0.1, 0.15) is 26.7 Å². The Hall–Kier alpha value is -0.580. The summed E-state index contributed by atoms with van der Waals surface area (Å²) in [5.74, 6) is 0.697. The summed E-state index contributed by atoms with van der Waals surface area (Å²) in [5.41, 5.74) is 0. The van der Waals surface area contributed by atoms with Crippen LogP contribution in [0.2, 0.25) is 5.02 Å². The van der Waals surface area contributed by atoms with E-state index in [0.29, 0.717) is 17.5 Å². The molecule has 0 heterocycles. The van der Waals surface area contributed by atoms with E-state index in [0.717, 1.165) is 25.9 Å². The second-order valence-electron chi connectivity index (χ2n) is 4.90. The van der Waals surface area contributed by atoms with E-state index >= 15 is 0 Å². The number of halogens is 2. The Morgan fingerprint density at radius 3 is 2.58 bits per heavy atom. The molecule has 0 amide bonds. The Morgan fingerprint density at radius 2 is 1.96 bits per heavy atom. The lowest BCUT2D eigenvalue weighted by Crippen LogP contribution is -2.41. The van der Waals surface area contributed by atoms with Gasteiger partial charge in [-0.3, -0.25) is 4.99 Å². The van der Waals surface area contributed by atoms with Gasteiger partial charge >= 0.3 is 0 Å². The fourth-order valence-electron chi connectivity index (χ4n) is 1.77. The molecular weight excluding hydrogens is 463 g/mol. The minimum absolute atomic E-state index is 0. The summed E-state index contributed by atoms with van der Waals surface area (Å²) in [6.07, 6.45) is 2.11. The van der Waals surface area contributed by atoms with Crippen LogP contribution in [0.3, 0.4) is 0 Å². The third-order valence-corrected chi connectivity index (χ3v) is 4.64. The smallest absolute Gasteiger partial charge is 0.240 e. The first-order valence-electron chi connectivity index (χ1n) is 7.77.